The standard InChI is InChI=1S/C15H28N2/c1-4-9-17(10-5-2)13-15(12-16)8-6-7-14(3)11-15/h4-5,14H,1-2,6-13,16H2,3H3. The van der Waals surface area contributed by atoms with E-state index < -0.39 is 0 Å². The zero-order valence-corrected chi connectivity index (χ0v) is 11.3. The van der Waals surface area contributed by atoms with Crippen LogP contribution in [0, 0.1) is 11.3 Å². The van der Waals surface area contributed by atoms with Crippen LogP contribution in [-0.4, -0.2) is 31.1 Å². The number of hydrogen-bond donors (Lipinski definition) is 1. The van der Waals surface area contributed by atoms with Gasteiger partial charge >= 0.3 is 0 Å². The highest BCUT2D eigenvalue weighted by Gasteiger charge is 2.34. The summed E-state index contributed by atoms with van der Waals surface area (Å²) >= 11 is 0. The summed E-state index contributed by atoms with van der Waals surface area (Å²) in [5.41, 5.74) is 6.39. The number of hydrogen-bond acceptors (Lipinski definition) is 2. The van der Waals surface area contributed by atoms with Crippen molar-refractivity contribution < 1.29 is 0 Å². The lowest BCUT2D eigenvalue weighted by Crippen LogP contribution is -2.45. The summed E-state index contributed by atoms with van der Waals surface area (Å²) in [5.74, 6) is 0.821. The molecule has 2 heteroatoms. The van der Waals surface area contributed by atoms with Crippen molar-refractivity contribution in [2.75, 3.05) is 26.2 Å². The molecule has 0 amide bonds. The Kier molecular flexibility index (Phi) is 5.93. The second-order valence-electron chi connectivity index (χ2n) is 5.68. The fourth-order valence-electron chi connectivity index (χ4n) is 3.21. The lowest BCUT2D eigenvalue weighted by molar-refractivity contribution is 0.0998. The molecule has 1 rings (SSSR count). The quantitative estimate of drug-likeness (QED) is 0.689. The van der Waals surface area contributed by atoms with Crippen LogP contribution in [0.25, 0.3) is 0 Å². The SMILES string of the molecule is C=CCN(CC=C)CC1(CN)CCCC(C)C1. The summed E-state index contributed by atoms with van der Waals surface area (Å²) in [5, 5.41) is 0. The second-order valence-corrected chi connectivity index (χ2v) is 5.68. The molecule has 1 fully saturated rings. The van der Waals surface area contributed by atoms with Gasteiger partial charge in [0.05, 0.1) is 0 Å². The Bertz CT molecular complexity index is 239. The molecule has 0 aromatic heterocycles. The molecule has 0 aliphatic heterocycles. The van der Waals surface area contributed by atoms with E-state index in [2.05, 4.69) is 25.0 Å². The van der Waals surface area contributed by atoms with Crippen molar-refractivity contribution in [3.05, 3.63) is 25.3 Å². The van der Waals surface area contributed by atoms with Gasteiger partial charge in [0.1, 0.15) is 0 Å². The molecule has 2 nitrogen and oxygen atoms in total. The summed E-state index contributed by atoms with van der Waals surface area (Å²) < 4.78 is 0. The minimum atomic E-state index is 0.323. The van der Waals surface area contributed by atoms with Crippen LogP contribution in [0.2, 0.25) is 0 Å². The van der Waals surface area contributed by atoms with Gasteiger partial charge in [0.25, 0.3) is 0 Å². The first kappa shape index (κ1) is 14.5. The topological polar surface area (TPSA) is 29.3 Å². The first-order valence-corrected chi connectivity index (χ1v) is 6.80. The van der Waals surface area contributed by atoms with Crippen LogP contribution in [-0.2, 0) is 0 Å². The van der Waals surface area contributed by atoms with Crippen LogP contribution >= 0.6 is 0 Å². The number of rotatable bonds is 7. The van der Waals surface area contributed by atoms with E-state index in [-0.39, 0.29) is 0 Å². The van der Waals surface area contributed by atoms with Gasteiger partial charge in [-0.3, -0.25) is 4.90 Å². The molecule has 98 valence electrons. The van der Waals surface area contributed by atoms with Crippen molar-refractivity contribution in [2.45, 2.75) is 32.6 Å². The number of nitrogens with two attached hydrogens (primary N) is 1. The summed E-state index contributed by atoms with van der Waals surface area (Å²) in [7, 11) is 0. The summed E-state index contributed by atoms with van der Waals surface area (Å²) in [6.45, 7) is 13.8. The van der Waals surface area contributed by atoms with E-state index in [9.17, 15) is 0 Å². The lowest BCUT2D eigenvalue weighted by atomic mass is 9.69. The molecule has 2 atom stereocenters. The third kappa shape index (κ3) is 4.29. The van der Waals surface area contributed by atoms with Gasteiger partial charge in [0.15, 0.2) is 0 Å². The van der Waals surface area contributed by atoms with Crippen molar-refractivity contribution in [1.82, 2.24) is 4.90 Å². The fourth-order valence-corrected chi connectivity index (χ4v) is 3.21. The molecule has 0 aromatic rings. The third-order valence-corrected chi connectivity index (χ3v) is 3.95. The highest BCUT2D eigenvalue weighted by Crippen LogP contribution is 2.39. The van der Waals surface area contributed by atoms with E-state index in [1.165, 1.54) is 25.7 Å². The van der Waals surface area contributed by atoms with E-state index in [0.29, 0.717) is 5.41 Å². The van der Waals surface area contributed by atoms with E-state index in [1.807, 2.05) is 12.2 Å². The fraction of sp³-hybridized carbons (Fsp3) is 0.733. The summed E-state index contributed by atoms with van der Waals surface area (Å²) in [6.07, 6.45) is 9.19. The minimum absolute atomic E-state index is 0.323. The predicted molar refractivity (Wildman–Crippen MR) is 76.0 cm³/mol. The molecule has 1 aliphatic carbocycles. The van der Waals surface area contributed by atoms with E-state index in [1.54, 1.807) is 0 Å². The zero-order chi connectivity index (χ0) is 12.7. The van der Waals surface area contributed by atoms with Crippen LogP contribution in [0.1, 0.15) is 32.6 Å². The summed E-state index contributed by atoms with van der Waals surface area (Å²) in [6, 6.07) is 0. The van der Waals surface area contributed by atoms with Gasteiger partial charge in [-0.25, -0.2) is 0 Å². The molecule has 0 spiro atoms. The third-order valence-electron chi connectivity index (χ3n) is 3.95. The molecular weight excluding hydrogens is 208 g/mol. The minimum Gasteiger partial charge on any atom is -0.330 e. The average molecular weight is 236 g/mol. The Hall–Kier alpha value is -0.600. The second kappa shape index (κ2) is 6.97. The van der Waals surface area contributed by atoms with Gasteiger partial charge in [0.2, 0.25) is 0 Å². The van der Waals surface area contributed by atoms with Crippen LogP contribution in [0.3, 0.4) is 0 Å². The van der Waals surface area contributed by atoms with Crippen molar-refractivity contribution in [3.63, 3.8) is 0 Å². The molecule has 2 N–H and O–H groups in total. The van der Waals surface area contributed by atoms with E-state index in [4.69, 9.17) is 5.73 Å². The monoisotopic (exact) mass is 236 g/mol. The lowest BCUT2D eigenvalue weighted by Gasteiger charge is -2.42. The van der Waals surface area contributed by atoms with Gasteiger partial charge in [-0.2, -0.15) is 0 Å². The molecule has 1 aliphatic rings. The van der Waals surface area contributed by atoms with Crippen molar-refractivity contribution in [2.24, 2.45) is 17.1 Å². The van der Waals surface area contributed by atoms with Gasteiger partial charge in [0, 0.05) is 19.6 Å². The maximum atomic E-state index is 6.06. The zero-order valence-electron chi connectivity index (χ0n) is 11.3. The van der Waals surface area contributed by atoms with Crippen LogP contribution in [0.4, 0.5) is 0 Å². The first-order chi connectivity index (χ1) is 8.15. The van der Waals surface area contributed by atoms with Crippen LogP contribution in [0.15, 0.2) is 25.3 Å². The maximum Gasteiger partial charge on any atom is 0.0164 e. The van der Waals surface area contributed by atoms with Crippen LogP contribution in [0.5, 0.6) is 0 Å². The molecule has 0 bridgehead atoms. The Morgan fingerprint density at radius 2 is 2.00 bits per heavy atom. The van der Waals surface area contributed by atoms with Crippen LogP contribution < -0.4 is 5.73 Å². The van der Waals surface area contributed by atoms with Gasteiger partial charge in [-0.1, -0.05) is 31.9 Å². The average Bonchev–Trinajstić information content (AvgIpc) is 2.30. The molecule has 17 heavy (non-hydrogen) atoms. The highest BCUT2D eigenvalue weighted by atomic mass is 15.1. The Labute approximate surface area is 107 Å². The normalized spacial score (nSPS) is 29.2. The molecule has 0 saturated heterocycles. The molecular formula is C15H28N2. The van der Waals surface area contributed by atoms with Crippen molar-refractivity contribution in [3.8, 4) is 0 Å². The first-order valence-electron chi connectivity index (χ1n) is 6.80. The molecule has 0 heterocycles. The molecule has 0 radical (unpaired) electrons. The number of nitrogens with zero attached hydrogens (tertiary/aromatic N) is 1. The maximum absolute atomic E-state index is 6.06. The Morgan fingerprint density at radius 3 is 2.47 bits per heavy atom. The van der Waals surface area contributed by atoms with Gasteiger partial charge in [-0.15, -0.1) is 13.2 Å². The summed E-state index contributed by atoms with van der Waals surface area (Å²) in [4.78, 5) is 2.41. The molecule has 1 saturated carbocycles. The van der Waals surface area contributed by atoms with Gasteiger partial charge < -0.3 is 5.73 Å². The van der Waals surface area contributed by atoms with E-state index >= 15 is 0 Å². The van der Waals surface area contributed by atoms with E-state index in [0.717, 1.165) is 32.1 Å². The highest BCUT2D eigenvalue weighted by molar-refractivity contribution is 4.91. The molecule has 2 unspecified atom stereocenters. The smallest absolute Gasteiger partial charge is 0.0164 e. The largest absolute Gasteiger partial charge is 0.330 e. The Morgan fingerprint density at radius 1 is 1.35 bits per heavy atom. The van der Waals surface area contributed by atoms with Gasteiger partial charge in [-0.05, 0) is 30.7 Å². The van der Waals surface area contributed by atoms with Crippen molar-refractivity contribution >= 4 is 0 Å². The predicted octanol–water partition coefficient (Wildman–Crippen LogP) is 2.82. The Balaban J connectivity index is 2.64. The van der Waals surface area contributed by atoms with Crippen molar-refractivity contribution in [1.29, 1.82) is 0 Å². The molecule has 0 aromatic carbocycles.